The fraction of sp³-hybridized carbons (Fsp3) is 0.217. The summed E-state index contributed by atoms with van der Waals surface area (Å²) in [4.78, 5) is 0. The fourth-order valence-corrected chi connectivity index (χ4v) is 4.09. The maximum Gasteiger partial charge on any atom is 0.270 e. The molecule has 0 radical (unpaired) electrons. The molecule has 2 heterocycles. The lowest BCUT2D eigenvalue weighted by atomic mass is 9.93. The molecule has 0 bridgehead atoms. The van der Waals surface area contributed by atoms with Gasteiger partial charge in [0.05, 0.1) is 5.56 Å². The average molecular weight is 344 g/mol. The van der Waals surface area contributed by atoms with Crippen LogP contribution < -0.4 is 9.31 Å². The molecule has 0 saturated heterocycles. The highest BCUT2D eigenvalue weighted by Crippen LogP contribution is 2.34. The Hall–Kier alpha value is -2.94. The van der Waals surface area contributed by atoms with E-state index < -0.39 is 0 Å². The van der Waals surface area contributed by atoms with Crippen LogP contribution in [0.3, 0.4) is 0 Å². The minimum Gasteiger partial charge on any atom is -0.236 e. The highest BCUT2D eigenvalue weighted by atomic mass is 16.5. The lowest BCUT2D eigenvalue weighted by molar-refractivity contribution is -0.832. The lowest BCUT2D eigenvalue weighted by Gasteiger charge is -2.12. The molecule has 2 aromatic carbocycles. The van der Waals surface area contributed by atoms with Crippen molar-refractivity contribution in [2.24, 2.45) is 7.05 Å². The van der Waals surface area contributed by atoms with Crippen LogP contribution in [0.2, 0.25) is 0 Å². The van der Waals surface area contributed by atoms with Crippen molar-refractivity contribution in [1.29, 1.82) is 0 Å². The van der Waals surface area contributed by atoms with Crippen molar-refractivity contribution < 1.29 is 13.8 Å². The maximum absolute atomic E-state index is 5.97. The number of nitrogens with zero attached hydrogens (tertiary/aromatic N) is 2. The highest BCUT2D eigenvalue weighted by Gasteiger charge is 2.29. The standard InChI is InChI=1S/C23H24N2O/c1-15-14-16(2)22(25-13-9-8-10-17(25)3)18(4)21(15)23-19-11-6-7-12-20(19)26-24(23)5/h6-14H,1-5H3/q+2. The summed E-state index contributed by atoms with van der Waals surface area (Å²) in [5.41, 5.74) is 9.56. The molecule has 26 heavy (non-hydrogen) atoms. The van der Waals surface area contributed by atoms with E-state index in [1.54, 1.807) is 0 Å². The number of aryl methyl sites for hydroxylation is 4. The summed E-state index contributed by atoms with van der Waals surface area (Å²) < 4.78 is 10.1. The van der Waals surface area contributed by atoms with Gasteiger partial charge in [-0.3, -0.25) is 0 Å². The lowest BCUT2D eigenvalue weighted by Crippen LogP contribution is -2.36. The Kier molecular flexibility index (Phi) is 3.87. The zero-order valence-electron chi connectivity index (χ0n) is 16.0. The molecule has 0 atom stereocenters. The quantitative estimate of drug-likeness (QED) is 0.493. The molecular formula is C23H24N2O+2. The van der Waals surface area contributed by atoms with E-state index >= 15 is 0 Å². The number of para-hydroxylation sites is 1. The van der Waals surface area contributed by atoms with E-state index in [2.05, 4.69) is 74.9 Å². The van der Waals surface area contributed by atoms with Gasteiger partial charge in [-0.05, 0) is 49.3 Å². The van der Waals surface area contributed by atoms with E-state index in [1.165, 1.54) is 33.6 Å². The van der Waals surface area contributed by atoms with Gasteiger partial charge in [0.25, 0.3) is 5.69 Å². The molecule has 0 aliphatic heterocycles. The molecule has 0 aliphatic carbocycles. The summed E-state index contributed by atoms with van der Waals surface area (Å²) in [5.74, 6) is 0. The first-order valence-corrected chi connectivity index (χ1v) is 8.96. The smallest absolute Gasteiger partial charge is 0.236 e. The third-order valence-electron chi connectivity index (χ3n) is 5.16. The van der Waals surface area contributed by atoms with Crippen LogP contribution in [0.5, 0.6) is 0 Å². The van der Waals surface area contributed by atoms with Gasteiger partial charge < -0.3 is 0 Å². The maximum atomic E-state index is 5.97. The molecule has 0 amide bonds. The summed E-state index contributed by atoms with van der Waals surface area (Å²) >= 11 is 0. The average Bonchev–Trinajstić information content (AvgIpc) is 2.92. The van der Waals surface area contributed by atoms with Gasteiger partial charge in [-0.2, -0.15) is 4.57 Å². The van der Waals surface area contributed by atoms with E-state index in [0.29, 0.717) is 0 Å². The number of benzene rings is 2. The van der Waals surface area contributed by atoms with Gasteiger partial charge in [0, 0.05) is 30.2 Å². The molecule has 0 spiro atoms. The Morgan fingerprint density at radius 3 is 2.35 bits per heavy atom. The first-order valence-electron chi connectivity index (χ1n) is 8.96. The first kappa shape index (κ1) is 16.5. The van der Waals surface area contributed by atoms with Gasteiger partial charge in [0.2, 0.25) is 11.3 Å². The molecule has 0 unspecified atom stereocenters. The van der Waals surface area contributed by atoms with Crippen LogP contribution in [-0.2, 0) is 7.05 Å². The van der Waals surface area contributed by atoms with Crippen LogP contribution >= 0.6 is 0 Å². The number of rotatable bonds is 2. The van der Waals surface area contributed by atoms with Crippen LogP contribution in [0.15, 0.2) is 59.3 Å². The number of hydrogen-bond donors (Lipinski definition) is 0. The summed E-state index contributed by atoms with van der Waals surface area (Å²) in [6.07, 6.45) is 2.14. The third-order valence-corrected chi connectivity index (χ3v) is 5.16. The van der Waals surface area contributed by atoms with Crippen molar-refractivity contribution in [3.8, 4) is 16.9 Å². The Labute approximate surface area is 154 Å². The van der Waals surface area contributed by atoms with Gasteiger partial charge in [-0.25, -0.2) is 4.52 Å². The van der Waals surface area contributed by atoms with E-state index in [4.69, 9.17) is 4.52 Å². The molecule has 130 valence electrons. The van der Waals surface area contributed by atoms with E-state index in [1.807, 2.05) is 23.9 Å². The van der Waals surface area contributed by atoms with Gasteiger partial charge in [0.1, 0.15) is 5.39 Å². The molecule has 4 rings (SSSR count). The van der Waals surface area contributed by atoms with Crippen molar-refractivity contribution in [1.82, 2.24) is 0 Å². The SMILES string of the molecule is Cc1cc(C)c(-[n+]2ccccc2C)c(C)c1-c1c2ccccc2o[n+]1C. The second kappa shape index (κ2) is 6.10. The second-order valence-corrected chi connectivity index (χ2v) is 7.00. The third kappa shape index (κ3) is 2.43. The number of aromatic nitrogens is 2. The number of pyridine rings is 1. The molecule has 0 saturated carbocycles. The first-order chi connectivity index (χ1) is 12.5. The predicted molar refractivity (Wildman–Crippen MR) is 103 cm³/mol. The van der Waals surface area contributed by atoms with Crippen LogP contribution in [0.25, 0.3) is 27.9 Å². The van der Waals surface area contributed by atoms with Crippen LogP contribution in [0.4, 0.5) is 0 Å². The summed E-state index contributed by atoms with van der Waals surface area (Å²) in [6.45, 7) is 8.73. The van der Waals surface area contributed by atoms with Gasteiger partial charge in [-0.1, -0.05) is 18.2 Å². The van der Waals surface area contributed by atoms with Gasteiger partial charge in [-0.15, -0.1) is 0 Å². The fourth-order valence-electron chi connectivity index (χ4n) is 4.09. The summed E-state index contributed by atoms with van der Waals surface area (Å²) in [7, 11) is 1.98. The van der Waals surface area contributed by atoms with Crippen molar-refractivity contribution in [2.45, 2.75) is 27.7 Å². The highest BCUT2D eigenvalue weighted by molar-refractivity contribution is 5.92. The zero-order chi connectivity index (χ0) is 18.4. The number of hydrogen-bond acceptors (Lipinski definition) is 1. The molecule has 4 aromatic rings. The van der Waals surface area contributed by atoms with Crippen molar-refractivity contribution in [3.63, 3.8) is 0 Å². The topological polar surface area (TPSA) is 20.9 Å². The normalized spacial score (nSPS) is 11.3. The van der Waals surface area contributed by atoms with E-state index in [9.17, 15) is 0 Å². The van der Waals surface area contributed by atoms with Crippen LogP contribution in [0, 0.1) is 27.7 Å². The van der Waals surface area contributed by atoms with Gasteiger partial charge >= 0.3 is 0 Å². The molecule has 2 aromatic heterocycles. The van der Waals surface area contributed by atoms with Crippen molar-refractivity contribution in [2.75, 3.05) is 0 Å². The summed E-state index contributed by atoms with van der Waals surface area (Å²) in [6, 6.07) is 16.8. The van der Waals surface area contributed by atoms with Crippen molar-refractivity contribution in [3.05, 3.63) is 77.1 Å². The van der Waals surface area contributed by atoms with E-state index in [-0.39, 0.29) is 0 Å². The molecular weight excluding hydrogens is 320 g/mol. The molecule has 0 fully saturated rings. The monoisotopic (exact) mass is 344 g/mol. The van der Waals surface area contributed by atoms with Crippen LogP contribution in [-0.4, -0.2) is 0 Å². The largest absolute Gasteiger partial charge is 0.270 e. The Balaban J connectivity index is 2.09. The molecule has 3 heteroatoms. The van der Waals surface area contributed by atoms with E-state index in [0.717, 1.165) is 16.7 Å². The Morgan fingerprint density at radius 2 is 1.58 bits per heavy atom. The van der Waals surface area contributed by atoms with Crippen LogP contribution in [0.1, 0.15) is 22.4 Å². The summed E-state index contributed by atoms with van der Waals surface area (Å²) in [5, 5.41) is 1.14. The molecule has 3 nitrogen and oxygen atoms in total. The molecule has 0 aliphatic rings. The Bertz CT molecular complexity index is 1140. The van der Waals surface area contributed by atoms with Gasteiger partial charge in [0.15, 0.2) is 18.9 Å². The molecule has 0 N–H and O–H groups in total. The van der Waals surface area contributed by atoms with Crippen molar-refractivity contribution >= 4 is 11.0 Å². The second-order valence-electron chi connectivity index (χ2n) is 7.00. The minimum absolute atomic E-state index is 0.912. The zero-order valence-corrected chi connectivity index (χ0v) is 16.0. The Morgan fingerprint density at radius 1 is 0.846 bits per heavy atom. The number of fused-ring (bicyclic) bond motifs is 1. The minimum atomic E-state index is 0.912. The predicted octanol–water partition coefficient (Wildman–Crippen LogP) is 4.43.